The van der Waals surface area contributed by atoms with Crippen LogP contribution in [-0.2, 0) is 9.59 Å². The van der Waals surface area contributed by atoms with Crippen LogP contribution in [0.15, 0.2) is 47.0 Å². The van der Waals surface area contributed by atoms with Crippen LogP contribution in [0, 0.1) is 0 Å². The van der Waals surface area contributed by atoms with E-state index in [-0.39, 0.29) is 23.5 Å². The third-order valence-corrected chi connectivity index (χ3v) is 7.27. The zero-order valence-corrected chi connectivity index (χ0v) is 21.0. The van der Waals surface area contributed by atoms with E-state index in [2.05, 4.69) is 10.3 Å². The molecule has 0 aliphatic heterocycles. The minimum Gasteiger partial charge on any atom is -0.435 e. The molecule has 2 unspecified atom stereocenters. The molecule has 2 N–H and O–H groups in total. The Bertz CT molecular complexity index is 1480. The molecule has 2 heterocycles. The number of oxazole rings is 1. The van der Waals surface area contributed by atoms with Crippen molar-refractivity contribution >= 4 is 39.6 Å². The highest BCUT2D eigenvalue weighted by Gasteiger charge is 2.61. The van der Waals surface area contributed by atoms with Crippen molar-refractivity contribution in [2.45, 2.75) is 51.5 Å². The first kappa shape index (κ1) is 23.8. The monoisotopic (exact) mass is 486 g/mol. The Morgan fingerprint density at radius 1 is 1.11 bits per heavy atom. The number of nitrogens with zero attached hydrogens (tertiary/aromatic N) is 2. The number of carbonyl (C=O) groups excluding carboxylic acids is 3. The zero-order valence-electron chi connectivity index (χ0n) is 21.0. The smallest absolute Gasteiger partial charge is 0.253 e. The van der Waals surface area contributed by atoms with Crippen LogP contribution in [0.25, 0.3) is 33.5 Å². The van der Waals surface area contributed by atoms with Gasteiger partial charge in [-0.3, -0.25) is 14.4 Å². The number of carbonyl (C=O) groups is 3. The molecule has 0 saturated heterocycles. The number of aromatic amines is 1. The molecule has 186 valence electrons. The average Bonchev–Trinajstić information content (AvgIpc) is 3.25. The summed E-state index contributed by atoms with van der Waals surface area (Å²) in [6.45, 7) is 6.18. The number of hydrogen-bond acceptors (Lipinski definition) is 5. The number of amides is 2. The lowest BCUT2D eigenvalue weighted by Crippen LogP contribution is -2.44. The standard InChI is InChI=1S/C28H30N4O4/c1-5-22(33)28(31-23(34)6-2)14-19(28)18-15-29-20-12-13-21-25(24(18)20)36-26(30-21)16-8-10-17(11-9-16)27(35)32(4)7-3/h8-13,15,19,29H,5-7,14H2,1-4H3,(H,31,34). The molecule has 2 atom stereocenters. The second-order valence-corrected chi connectivity index (χ2v) is 9.40. The van der Waals surface area contributed by atoms with Crippen LogP contribution in [0.5, 0.6) is 0 Å². The second kappa shape index (κ2) is 8.93. The van der Waals surface area contributed by atoms with E-state index in [1.54, 1.807) is 31.0 Å². The van der Waals surface area contributed by atoms with Gasteiger partial charge < -0.3 is 19.6 Å². The van der Waals surface area contributed by atoms with E-state index < -0.39 is 5.54 Å². The van der Waals surface area contributed by atoms with Gasteiger partial charge in [0.2, 0.25) is 11.8 Å². The van der Waals surface area contributed by atoms with Gasteiger partial charge in [0.15, 0.2) is 11.4 Å². The van der Waals surface area contributed by atoms with E-state index in [4.69, 9.17) is 9.40 Å². The van der Waals surface area contributed by atoms with Crippen LogP contribution in [0.3, 0.4) is 0 Å². The van der Waals surface area contributed by atoms with Crippen molar-refractivity contribution in [2.75, 3.05) is 13.6 Å². The van der Waals surface area contributed by atoms with Crippen molar-refractivity contribution < 1.29 is 18.8 Å². The Balaban J connectivity index is 1.53. The van der Waals surface area contributed by atoms with Crippen molar-refractivity contribution in [3.63, 3.8) is 0 Å². The zero-order chi connectivity index (χ0) is 25.6. The molecule has 8 heteroatoms. The second-order valence-electron chi connectivity index (χ2n) is 9.40. The molecular formula is C28H30N4O4. The van der Waals surface area contributed by atoms with Gasteiger partial charge in [0.1, 0.15) is 11.1 Å². The SMILES string of the molecule is CCC(=O)NC1(C(=O)CC)CC1c1c[nH]c2ccc3nc(-c4ccc(C(=O)N(C)CC)cc4)oc3c12. The first-order valence-corrected chi connectivity index (χ1v) is 12.4. The van der Waals surface area contributed by atoms with Crippen LogP contribution >= 0.6 is 0 Å². The Kier molecular flexibility index (Phi) is 5.90. The Morgan fingerprint density at radius 2 is 1.86 bits per heavy atom. The van der Waals surface area contributed by atoms with E-state index in [1.165, 1.54) is 0 Å². The Labute approximate surface area is 209 Å². The molecule has 36 heavy (non-hydrogen) atoms. The van der Waals surface area contributed by atoms with Crippen molar-refractivity contribution in [1.82, 2.24) is 20.2 Å². The lowest BCUT2D eigenvalue weighted by atomic mass is 9.99. The summed E-state index contributed by atoms with van der Waals surface area (Å²) in [6, 6.07) is 11.1. The first-order chi connectivity index (χ1) is 17.3. The maximum atomic E-state index is 12.9. The summed E-state index contributed by atoms with van der Waals surface area (Å²) in [4.78, 5) is 47.2. The number of H-pyrrole nitrogens is 1. The van der Waals surface area contributed by atoms with E-state index in [1.807, 2.05) is 44.3 Å². The number of hydrogen-bond donors (Lipinski definition) is 2. The average molecular weight is 487 g/mol. The van der Waals surface area contributed by atoms with Crippen LogP contribution in [0.4, 0.5) is 0 Å². The Hall–Kier alpha value is -3.94. The minimum atomic E-state index is -0.865. The number of Topliss-reactive ketones (excluding diaryl/α,β-unsaturated/α-hetero) is 1. The van der Waals surface area contributed by atoms with Gasteiger partial charge in [-0.05, 0) is 55.3 Å². The normalized spacial score (nSPS) is 18.9. The van der Waals surface area contributed by atoms with E-state index >= 15 is 0 Å². The van der Waals surface area contributed by atoms with Gasteiger partial charge in [0.05, 0.1) is 0 Å². The van der Waals surface area contributed by atoms with Gasteiger partial charge in [0.25, 0.3) is 5.91 Å². The topological polar surface area (TPSA) is 108 Å². The minimum absolute atomic E-state index is 0.0370. The number of ketones is 1. The van der Waals surface area contributed by atoms with Crippen LogP contribution in [0.1, 0.15) is 61.9 Å². The van der Waals surface area contributed by atoms with Gasteiger partial charge in [-0.2, -0.15) is 0 Å². The van der Waals surface area contributed by atoms with E-state index in [0.29, 0.717) is 48.4 Å². The van der Waals surface area contributed by atoms with Crippen molar-refractivity contribution in [1.29, 1.82) is 0 Å². The molecule has 1 aliphatic rings. The fraction of sp³-hybridized carbons (Fsp3) is 0.357. The maximum absolute atomic E-state index is 12.9. The molecule has 1 aliphatic carbocycles. The van der Waals surface area contributed by atoms with Crippen LogP contribution in [0.2, 0.25) is 0 Å². The molecule has 1 saturated carbocycles. The fourth-order valence-corrected chi connectivity index (χ4v) is 4.95. The fourth-order valence-electron chi connectivity index (χ4n) is 4.95. The summed E-state index contributed by atoms with van der Waals surface area (Å²) in [5, 5.41) is 3.88. The number of nitrogens with one attached hydrogen (secondary N) is 2. The maximum Gasteiger partial charge on any atom is 0.253 e. The molecule has 4 aromatic rings. The number of fused-ring (bicyclic) bond motifs is 3. The molecule has 0 radical (unpaired) electrons. The molecule has 0 bridgehead atoms. The lowest BCUT2D eigenvalue weighted by Gasteiger charge is -2.17. The highest BCUT2D eigenvalue weighted by Crippen LogP contribution is 2.55. The van der Waals surface area contributed by atoms with Gasteiger partial charge in [-0.1, -0.05) is 13.8 Å². The lowest BCUT2D eigenvalue weighted by molar-refractivity contribution is -0.128. The molecule has 0 spiro atoms. The molecule has 5 rings (SSSR count). The third kappa shape index (κ3) is 3.77. The molecule has 1 fully saturated rings. The highest BCUT2D eigenvalue weighted by molar-refractivity contribution is 6.06. The molecule has 2 aromatic heterocycles. The van der Waals surface area contributed by atoms with Gasteiger partial charge in [-0.15, -0.1) is 0 Å². The van der Waals surface area contributed by atoms with Gasteiger partial charge >= 0.3 is 0 Å². The third-order valence-electron chi connectivity index (χ3n) is 7.27. The summed E-state index contributed by atoms with van der Waals surface area (Å²) in [7, 11) is 1.77. The number of aromatic nitrogens is 2. The molecule has 2 aromatic carbocycles. The Morgan fingerprint density at radius 3 is 2.53 bits per heavy atom. The molecule has 2 amide bonds. The summed E-state index contributed by atoms with van der Waals surface area (Å²) in [5.41, 5.74) is 3.68. The summed E-state index contributed by atoms with van der Waals surface area (Å²) in [5.74, 6) is 0.202. The van der Waals surface area contributed by atoms with Crippen molar-refractivity contribution in [3.05, 3.63) is 53.7 Å². The van der Waals surface area contributed by atoms with Crippen LogP contribution < -0.4 is 5.32 Å². The summed E-state index contributed by atoms with van der Waals surface area (Å²) in [6.07, 6.45) is 3.16. The van der Waals surface area contributed by atoms with Crippen LogP contribution in [-0.4, -0.2) is 51.6 Å². The summed E-state index contributed by atoms with van der Waals surface area (Å²) >= 11 is 0. The van der Waals surface area contributed by atoms with E-state index in [9.17, 15) is 14.4 Å². The highest BCUT2D eigenvalue weighted by atomic mass is 16.3. The van der Waals surface area contributed by atoms with E-state index in [0.717, 1.165) is 22.0 Å². The molecule has 8 nitrogen and oxygen atoms in total. The molecular weight excluding hydrogens is 456 g/mol. The first-order valence-electron chi connectivity index (χ1n) is 12.4. The van der Waals surface area contributed by atoms with Crippen molar-refractivity contribution in [3.8, 4) is 11.5 Å². The quantitative estimate of drug-likeness (QED) is 0.372. The predicted octanol–water partition coefficient (Wildman–Crippen LogP) is 4.80. The number of rotatable bonds is 8. The van der Waals surface area contributed by atoms with Gasteiger partial charge in [-0.25, -0.2) is 4.98 Å². The largest absolute Gasteiger partial charge is 0.435 e. The number of benzene rings is 2. The van der Waals surface area contributed by atoms with Gasteiger partial charge in [0, 0.05) is 60.6 Å². The van der Waals surface area contributed by atoms with Crippen molar-refractivity contribution in [2.24, 2.45) is 0 Å². The summed E-state index contributed by atoms with van der Waals surface area (Å²) < 4.78 is 6.27. The predicted molar refractivity (Wildman–Crippen MR) is 138 cm³/mol.